The van der Waals surface area contributed by atoms with E-state index in [-0.39, 0.29) is 16.7 Å². The number of likely N-dealkylation sites (N-methyl/N-ethyl adjacent to an activating group) is 1. The molecule has 2 N–H and O–H groups in total. The summed E-state index contributed by atoms with van der Waals surface area (Å²) in [5, 5.41) is 0. The van der Waals surface area contributed by atoms with Crippen molar-refractivity contribution in [3.05, 3.63) is 29.8 Å². The largest absolute Gasteiger partial charge is 0.446 e. The monoisotopic (exact) mass is 264 g/mol. The van der Waals surface area contributed by atoms with E-state index in [2.05, 4.69) is 0 Å². The molecule has 96 valence electrons. The molecule has 0 saturated carbocycles. The Kier molecular flexibility index (Phi) is 5.30. The van der Waals surface area contributed by atoms with E-state index >= 15 is 0 Å². The summed E-state index contributed by atoms with van der Waals surface area (Å²) >= 11 is -0.0950. The highest BCUT2D eigenvalue weighted by Gasteiger charge is 2.28. The molecular weight excluding hydrogens is 249 g/mol. The average Bonchev–Trinajstić information content (AvgIpc) is 2.19. The highest BCUT2D eigenvalue weighted by atomic mass is 32.2. The molecule has 0 saturated heterocycles. The molecule has 0 aliphatic heterocycles. The molecule has 0 aliphatic carbocycles. The van der Waals surface area contributed by atoms with E-state index in [1.807, 2.05) is 11.9 Å². The summed E-state index contributed by atoms with van der Waals surface area (Å²) in [4.78, 5) is 2.23. The van der Waals surface area contributed by atoms with E-state index in [1.165, 1.54) is 12.1 Å². The van der Waals surface area contributed by atoms with Gasteiger partial charge >= 0.3 is 5.51 Å². The van der Waals surface area contributed by atoms with Gasteiger partial charge in [-0.25, -0.2) is 0 Å². The van der Waals surface area contributed by atoms with Crippen molar-refractivity contribution in [2.75, 3.05) is 20.1 Å². The Morgan fingerprint density at radius 3 is 2.29 bits per heavy atom. The van der Waals surface area contributed by atoms with Gasteiger partial charge < -0.3 is 10.6 Å². The Hall–Kier alpha value is -0.720. The van der Waals surface area contributed by atoms with Gasteiger partial charge in [-0.15, -0.1) is 0 Å². The van der Waals surface area contributed by atoms with E-state index in [4.69, 9.17) is 5.73 Å². The molecule has 0 amide bonds. The minimum Gasteiger partial charge on any atom is -0.329 e. The van der Waals surface area contributed by atoms with Gasteiger partial charge in [-0.1, -0.05) is 12.1 Å². The van der Waals surface area contributed by atoms with E-state index in [0.29, 0.717) is 13.1 Å². The van der Waals surface area contributed by atoms with E-state index in [1.54, 1.807) is 12.1 Å². The first-order valence-corrected chi connectivity index (χ1v) is 5.95. The molecule has 0 fully saturated rings. The van der Waals surface area contributed by atoms with Crippen LogP contribution in [0.25, 0.3) is 0 Å². The molecule has 1 aromatic carbocycles. The second-order valence-corrected chi connectivity index (χ2v) is 4.86. The van der Waals surface area contributed by atoms with Crippen LogP contribution in [0.1, 0.15) is 5.56 Å². The van der Waals surface area contributed by atoms with Crippen LogP contribution in [0.15, 0.2) is 29.2 Å². The molecule has 2 nitrogen and oxygen atoms in total. The molecule has 0 unspecified atom stereocenters. The van der Waals surface area contributed by atoms with Crippen LogP contribution in [-0.4, -0.2) is 30.5 Å². The van der Waals surface area contributed by atoms with E-state index in [0.717, 1.165) is 12.1 Å². The molecule has 0 bridgehead atoms. The van der Waals surface area contributed by atoms with Gasteiger partial charge in [0.1, 0.15) is 0 Å². The maximum absolute atomic E-state index is 12.1. The molecule has 0 aromatic heterocycles. The Bertz CT molecular complexity index is 338. The molecule has 6 heteroatoms. The first-order chi connectivity index (χ1) is 7.90. The summed E-state index contributed by atoms with van der Waals surface area (Å²) in [7, 11) is 1.92. The van der Waals surface area contributed by atoms with Crippen molar-refractivity contribution in [2.24, 2.45) is 5.73 Å². The third-order valence-corrected chi connectivity index (χ3v) is 2.86. The lowest BCUT2D eigenvalue weighted by atomic mass is 10.2. The van der Waals surface area contributed by atoms with E-state index in [9.17, 15) is 13.2 Å². The summed E-state index contributed by atoms with van der Waals surface area (Å²) in [6, 6.07) is 6.40. The Morgan fingerprint density at radius 2 is 1.82 bits per heavy atom. The van der Waals surface area contributed by atoms with Crippen LogP contribution < -0.4 is 5.73 Å². The number of alkyl halides is 3. The van der Waals surface area contributed by atoms with Crippen molar-refractivity contribution in [1.82, 2.24) is 4.90 Å². The lowest BCUT2D eigenvalue weighted by Crippen LogP contribution is -2.24. The van der Waals surface area contributed by atoms with Crippen LogP contribution >= 0.6 is 11.8 Å². The molecule has 0 radical (unpaired) electrons. The quantitative estimate of drug-likeness (QED) is 0.829. The maximum atomic E-state index is 12.1. The predicted octanol–water partition coefficient (Wildman–Crippen LogP) is 2.69. The van der Waals surface area contributed by atoms with Gasteiger partial charge in [-0.05, 0) is 36.5 Å². The molecule has 17 heavy (non-hydrogen) atoms. The number of halogens is 3. The lowest BCUT2D eigenvalue weighted by Gasteiger charge is -2.15. The summed E-state index contributed by atoms with van der Waals surface area (Å²) in [5.74, 6) is 0. The van der Waals surface area contributed by atoms with Gasteiger partial charge in [0.25, 0.3) is 0 Å². The number of rotatable bonds is 5. The number of hydrogen-bond acceptors (Lipinski definition) is 3. The number of benzene rings is 1. The smallest absolute Gasteiger partial charge is 0.329 e. The SMILES string of the molecule is CN(CCN)Cc1ccc(SC(F)(F)F)cc1. The van der Waals surface area contributed by atoms with Gasteiger partial charge in [0.15, 0.2) is 0 Å². The number of thioether (sulfide) groups is 1. The predicted molar refractivity (Wildman–Crippen MR) is 63.7 cm³/mol. The van der Waals surface area contributed by atoms with Crippen molar-refractivity contribution in [3.63, 3.8) is 0 Å². The fourth-order valence-electron chi connectivity index (χ4n) is 1.41. The summed E-state index contributed by atoms with van der Waals surface area (Å²) in [5.41, 5.74) is 2.16. The van der Waals surface area contributed by atoms with Crippen LogP contribution in [-0.2, 0) is 6.54 Å². The van der Waals surface area contributed by atoms with Crippen LogP contribution in [0.5, 0.6) is 0 Å². The normalized spacial score (nSPS) is 12.1. The van der Waals surface area contributed by atoms with E-state index < -0.39 is 5.51 Å². The molecule has 0 aliphatic rings. The number of nitrogens with two attached hydrogens (primary N) is 1. The van der Waals surface area contributed by atoms with Crippen LogP contribution in [0, 0.1) is 0 Å². The van der Waals surface area contributed by atoms with Gasteiger partial charge in [0.2, 0.25) is 0 Å². The first kappa shape index (κ1) is 14.3. The Labute approximate surface area is 103 Å². The third kappa shape index (κ3) is 5.95. The molecule has 1 aromatic rings. The highest BCUT2D eigenvalue weighted by Crippen LogP contribution is 2.36. The topological polar surface area (TPSA) is 29.3 Å². The van der Waals surface area contributed by atoms with Gasteiger partial charge in [-0.3, -0.25) is 0 Å². The number of nitrogens with zero attached hydrogens (tertiary/aromatic N) is 1. The minimum absolute atomic E-state index is 0.0950. The van der Waals surface area contributed by atoms with Crippen molar-refractivity contribution >= 4 is 11.8 Å². The standard InChI is InChI=1S/C11H15F3N2S/c1-16(7-6-15)8-9-2-4-10(5-3-9)17-11(12,13)14/h2-5H,6-8,15H2,1H3. The van der Waals surface area contributed by atoms with Gasteiger partial charge in [0.05, 0.1) is 0 Å². The molecule has 0 heterocycles. The van der Waals surface area contributed by atoms with Crippen molar-refractivity contribution in [2.45, 2.75) is 16.9 Å². The summed E-state index contributed by atoms with van der Waals surface area (Å²) < 4.78 is 36.3. The summed E-state index contributed by atoms with van der Waals surface area (Å²) in [6.07, 6.45) is 0. The molecule has 1 rings (SSSR count). The zero-order chi connectivity index (χ0) is 12.9. The molecule has 0 atom stereocenters. The number of hydrogen-bond donors (Lipinski definition) is 1. The zero-order valence-corrected chi connectivity index (χ0v) is 10.3. The van der Waals surface area contributed by atoms with Gasteiger partial charge in [0, 0.05) is 24.5 Å². The minimum atomic E-state index is -4.22. The van der Waals surface area contributed by atoms with Crippen molar-refractivity contribution in [3.8, 4) is 0 Å². The maximum Gasteiger partial charge on any atom is 0.446 e. The Balaban J connectivity index is 2.56. The van der Waals surface area contributed by atoms with Gasteiger partial charge in [-0.2, -0.15) is 13.2 Å². The second-order valence-electron chi connectivity index (χ2n) is 3.72. The molecule has 0 spiro atoms. The van der Waals surface area contributed by atoms with Crippen molar-refractivity contribution < 1.29 is 13.2 Å². The average molecular weight is 264 g/mol. The summed E-state index contributed by atoms with van der Waals surface area (Å²) in [6.45, 7) is 2.02. The fraction of sp³-hybridized carbons (Fsp3) is 0.455. The van der Waals surface area contributed by atoms with Crippen LogP contribution in [0.4, 0.5) is 13.2 Å². The second kappa shape index (κ2) is 6.28. The highest BCUT2D eigenvalue weighted by molar-refractivity contribution is 8.00. The van der Waals surface area contributed by atoms with Crippen LogP contribution in [0.2, 0.25) is 0 Å². The molecular formula is C11H15F3N2S. The first-order valence-electron chi connectivity index (χ1n) is 5.14. The third-order valence-electron chi connectivity index (χ3n) is 2.12. The van der Waals surface area contributed by atoms with Crippen molar-refractivity contribution in [1.29, 1.82) is 0 Å². The fourth-order valence-corrected chi connectivity index (χ4v) is 1.95. The van der Waals surface area contributed by atoms with Crippen LogP contribution in [0.3, 0.4) is 0 Å². The lowest BCUT2D eigenvalue weighted by molar-refractivity contribution is -0.0328. The zero-order valence-electron chi connectivity index (χ0n) is 9.50. The Morgan fingerprint density at radius 1 is 1.24 bits per heavy atom.